The summed E-state index contributed by atoms with van der Waals surface area (Å²) in [4.78, 5) is 13.3. The molecule has 0 aliphatic rings. The van der Waals surface area contributed by atoms with E-state index < -0.39 is 13.0 Å². The van der Waals surface area contributed by atoms with Crippen molar-refractivity contribution in [1.29, 1.82) is 0 Å². The maximum Gasteiger partial charge on any atom is 0.250 e. The van der Waals surface area contributed by atoms with Crippen LogP contribution in [0.25, 0.3) is 0 Å². The second kappa shape index (κ2) is 8.41. The molecule has 0 saturated heterocycles. The van der Waals surface area contributed by atoms with Gasteiger partial charge in [0.15, 0.2) is 0 Å². The van der Waals surface area contributed by atoms with Gasteiger partial charge in [-0.15, -0.1) is 0 Å². The van der Waals surface area contributed by atoms with Crippen LogP contribution in [0.15, 0.2) is 0 Å². The van der Waals surface area contributed by atoms with E-state index in [2.05, 4.69) is 5.32 Å². The van der Waals surface area contributed by atoms with Gasteiger partial charge in [-0.1, -0.05) is 0 Å². The fourth-order valence-corrected chi connectivity index (χ4v) is 1.41. The van der Waals surface area contributed by atoms with Gasteiger partial charge in [-0.3, -0.25) is 4.79 Å². The van der Waals surface area contributed by atoms with Crippen LogP contribution in [0, 0.1) is 0 Å². The minimum atomic E-state index is -2.42. The normalized spacial score (nSPS) is 12.9. The van der Waals surface area contributed by atoms with Crippen LogP contribution < -0.4 is 11.1 Å². The Balaban J connectivity index is 4.05. The van der Waals surface area contributed by atoms with Crippen LogP contribution in [0.5, 0.6) is 0 Å². The van der Waals surface area contributed by atoms with Gasteiger partial charge < -0.3 is 16.0 Å². The zero-order chi connectivity index (χ0) is 12.6. The third kappa shape index (κ3) is 5.97. The lowest BCUT2D eigenvalue weighted by Crippen LogP contribution is -2.43. The number of carbonyl (C=O) groups excluding carboxylic acids is 1. The van der Waals surface area contributed by atoms with Gasteiger partial charge in [0.05, 0.1) is 6.54 Å². The summed E-state index contributed by atoms with van der Waals surface area (Å²) in [5.41, 5.74) is 5.41. The van der Waals surface area contributed by atoms with Gasteiger partial charge in [0.25, 0.3) is 6.43 Å². The van der Waals surface area contributed by atoms with E-state index in [9.17, 15) is 13.6 Å². The number of halogens is 2. The van der Waals surface area contributed by atoms with Crippen molar-refractivity contribution in [2.45, 2.75) is 32.7 Å². The minimum absolute atomic E-state index is 0.0535. The standard InChI is InChI=1S/C10H21F2N3O/c1-3-15(4-2)10(16)5-8(6-13)14-7-9(11)12/h8-9,14H,3-7,13H2,1-2H3. The molecule has 96 valence electrons. The molecule has 0 aliphatic carbocycles. The van der Waals surface area contributed by atoms with Crippen molar-refractivity contribution in [1.82, 2.24) is 10.2 Å². The fraction of sp³-hybridized carbons (Fsp3) is 0.900. The molecule has 1 amide bonds. The van der Waals surface area contributed by atoms with Gasteiger partial charge in [-0.25, -0.2) is 8.78 Å². The molecule has 0 rings (SSSR count). The second-order valence-corrected chi connectivity index (χ2v) is 3.50. The molecule has 16 heavy (non-hydrogen) atoms. The highest BCUT2D eigenvalue weighted by atomic mass is 19.3. The van der Waals surface area contributed by atoms with Crippen molar-refractivity contribution in [2.75, 3.05) is 26.2 Å². The van der Waals surface area contributed by atoms with Crippen LogP contribution in [0.4, 0.5) is 8.78 Å². The second-order valence-electron chi connectivity index (χ2n) is 3.50. The Bertz CT molecular complexity index is 199. The number of nitrogens with two attached hydrogens (primary N) is 1. The van der Waals surface area contributed by atoms with Crippen molar-refractivity contribution in [2.24, 2.45) is 5.73 Å². The highest BCUT2D eigenvalue weighted by Gasteiger charge is 2.17. The van der Waals surface area contributed by atoms with Crippen molar-refractivity contribution < 1.29 is 13.6 Å². The van der Waals surface area contributed by atoms with E-state index >= 15 is 0 Å². The van der Waals surface area contributed by atoms with Crippen LogP contribution in [0.1, 0.15) is 20.3 Å². The third-order valence-corrected chi connectivity index (χ3v) is 2.38. The highest BCUT2D eigenvalue weighted by Crippen LogP contribution is 1.99. The monoisotopic (exact) mass is 237 g/mol. The van der Waals surface area contributed by atoms with E-state index in [-0.39, 0.29) is 24.9 Å². The topological polar surface area (TPSA) is 58.4 Å². The van der Waals surface area contributed by atoms with Gasteiger partial charge in [0.2, 0.25) is 5.91 Å². The first-order chi connectivity index (χ1) is 7.54. The molecule has 0 bridgehead atoms. The van der Waals surface area contributed by atoms with E-state index in [4.69, 9.17) is 5.73 Å². The summed E-state index contributed by atoms with van der Waals surface area (Å²) >= 11 is 0. The van der Waals surface area contributed by atoms with Crippen molar-refractivity contribution in [3.05, 3.63) is 0 Å². The average molecular weight is 237 g/mol. The maximum atomic E-state index is 12.0. The lowest BCUT2D eigenvalue weighted by molar-refractivity contribution is -0.131. The number of nitrogens with one attached hydrogen (secondary N) is 1. The van der Waals surface area contributed by atoms with Crippen LogP contribution in [-0.4, -0.2) is 49.5 Å². The number of amides is 1. The minimum Gasteiger partial charge on any atom is -0.343 e. The molecule has 0 aliphatic heterocycles. The Morgan fingerprint density at radius 2 is 1.94 bits per heavy atom. The van der Waals surface area contributed by atoms with E-state index in [1.54, 1.807) is 4.90 Å². The van der Waals surface area contributed by atoms with Crippen LogP contribution in [-0.2, 0) is 4.79 Å². The molecule has 0 fully saturated rings. The Kier molecular flexibility index (Phi) is 8.01. The van der Waals surface area contributed by atoms with E-state index in [1.807, 2.05) is 13.8 Å². The molecular weight excluding hydrogens is 216 g/mol. The summed E-state index contributed by atoms with van der Waals surface area (Å²) in [7, 11) is 0. The predicted octanol–water partition coefficient (Wildman–Crippen LogP) is 0.427. The van der Waals surface area contributed by atoms with E-state index in [1.165, 1.54) is 0 Å². The van der Waals surface area contributed by atoms with Crippen LogP contribution >= 0.6 is 0 Å². The molecule has 1 atom stereocenters. The lowest BCUT2D eigenvalue weighted by atomic mass is 10.2. The van der Waals surface area contributed by atoms with Crippen molar-refractivity contribution in [3.8, 4) is 0 Å². The number of rotatable bonds is 8. The smallest absolute Gasteiger partial charge is 0.250 e. The molecular formula is C10H21F2N3O. The summed E-state index contributed by atoms with van der Waals surface area (Å²) in [5.74, 6) is -0.0535. The molecule has 0 radical (unpaired) electrons. The van der Waals surface area contributed by atoms with Crippen molar-refractivity contribution in [3.63, 3.8) is 0 Å². The van der Waals surface area contributed by atoms with Crippen LogP contribution in [0.2, 0.25) is 0 Å². The molecule has 0 heterocycles. The summed E-state index contributed by atoms with van der Waals surface area (Å²) in [6, 6.07) is -0.373. The molecule has 0 aromatic carbocycles. The van der Waals surface area contributed by atoms with Crippen molar-refractivity contribution >= 4 is 5.91 Å². The zero-order valence-corrected chi connectivity index (χ0v) is 9.88. The molecule has 6 heteroatoms. The summed E-state index contributed by atoms with van der Waals surface area (Å²) in [5, 5.41) is 2.58. The summed E-state index contributed by atoms with van der Waals surface area (Å²) < 4.78 is 23.9. The zero-order valence-electron chi connectivity index (χ0n) is 9.88. The van der Waals surface area contributed by atoms with Gasteiger partial charge >= 0.3 is 0 Å². The molecule has 0 saturated carbocycles. The van der Waals surface area contributed by atoms with Gasteiger partial charge in [-0.05, 0) is 13.8 Å². The molecule has 3 N–H and O–H groups in total. The third-order valence-electron chi connectivity index (χ3n) is 2.38. The quantitative estimate of drug-likeness (QED) is 0.643. The van der Waals surface area contributed by atoms with E-state index in [0.717, 1.165) is 0 Å². The SMILES string of the molecule is CCN(CC)C(=O)CC(CN)NCC(F)F. The molecule has 4 nitrogen and oxygen atoms in total. The lowest BCUT2D eigenvalue weighted by Gasteiger charge is -2.22. The number of alkyl halides is 2. The Labute approximate surface area is 95.2 Å². The number of carbonyl (C=O) groups is 1. The summed E-state index contributed by atoms with van der Waals surface area (Å²) in [6.07, 6.45) is -2.25. The highest BCUT2D eigenvalue weighted by molar-refractivity contribution is 5.76. The first-order valence-electron chi connectivity index (χ1n) is 5.54. The van der Waals surface area contributed by atoms with Gasteiger partial charge in [0.1, 0.15) is 0 Å². The first-order valence-corrected chi connectivity index (χ1v) is 5.54. The number of hydrogen-bond acceptors (Lipinski definition) is 3. The van der Waals surface area contributed by atoms with Gasteiger partial charge in [-0.2, -0.15) is 0 Å². The largest absolute Gasteiger partial charge is 0.343 e. The molecule has 0 spiro atoms. The Hall–Kier alpha value is -0.750. The van der Waals surface area contributed by atoms with E-state index in [0.29, 0.717) is 13.1 Å². The first kappa shape index (κ1) is 15.2. The fourth-order valence-electron chi connectivity index (χ4n) is 1.41. The predicted molar refractivity (Wildman–Crippen MR) is 59.4 cm³/mol. The van der Waals surface area contributed by atoms with Gasteiger partial charge in [0, 0.05) is 32.1 Å². The number of nitrogens with zero attached hydrogens (tertiary/aromatic N) is 1. The molecule has 1 unspecified atom stereocenters. The average Bonchev–Trinajstić information content (AvgIpc) is 2.25. The molecule has 0 aromatic heterocycles. The Morgan fingerprint density at radius 1 is 1.38 bits per heavy atom. The van der Waals surface area contributed by atoms with Crippen LogP contribution in [0.3, 0.4) is 0 Å². The molecule has 0 aromatic rings. The number of hydrogen-bond donors (Lipinski definition) is 2. The summed E-state index contributed by atoms with van der Waals surface area (Å²) in [6.45, 7) is 4.77. The maximum absolute atomic E-state index is 12.0. The Morgan fingerprint density at radius 3 is 2.31 bits per heavy atom.